The van der Waals surface area contributed by atoms with Gasteiger partial charge in [-0.25, -0.2) is 0 Å². The summed E-state index contributed by atoms with van der Waals surface area (Å²) in [4.78, 5) is 0. The van der Waals surface area contributed by atoms with Crippen molar-refractivity contribution in [1.82, 2.24) is 0 Å². The van der Waals surface area contributed by atoms with Crippen LogP contribution in [0.15, 0.2) is 0 Å². The highest BCUT2D eigenvalue weighted by atomic mass is 16.3. The van der Waals surface area contributed by atoms with E-state index < -0.39 is 0 Å². The molecule has 2 aliphatic carbocycles. The van der Waals surface area contributed by atoms with Gasteiger partial charge in [0.1, 0.15) is 0 Å². The molecule has 106 valence electrons. The summed E-state index contributed by atoms with van der Waals surface area (Å²) in [6, 6.07) is 0. The van der Waals surface area contributed by atoms with Crippen LogP contribution >= 0.6 is 0 Å². The van der Waals surface area contributed by atoms with Crippen molar-refractivity contribution in [1.29, 1.82) is 0 Å². The predicted molar refractivity (Wildman–Crippen MR) is 77.6 cm³/mol. The highest BCUT2D eigenvalue weighted by molar-refractivity contribution is 4.98. The number of rotatable bonds is 0. The minimum absolute atomic E-state index is 0.356. The SMILES string of the molecule is C[C@@]1(O)CCCCCCCCCCCC[C@H]2C[C@@H]21. The van der Waals surface area contributed by atoms with Crippen LogP contribution in [0, 0.1) is 11.8 Å². The molecule has 1 nitrogen and oxygen atoms in total. The molecule has 0 aromatic heterocycles. The van der Waals surface area contributed by atoms with Gasteiger partial charge in [-0.2, -0.15) is 0 Å². The van der Waals surface area contributed by atoms with E-state index in [0.717, 1.165) is 12.3 Å². The van der Waals surface area contributed by atoms with E-state index in [1.54, 1.807) is 0 Å². The zero-order valence-corrected chi connectivity index (χ0v) is 12.3. The first-order valence-electron chi connectivity index (χ1n) is 8.42. The predicted octanol–water partition coefficient (Wildman–Crippen LogP) is 5.07. The van der Waals surface area contributed by atoms with Crippen molar-refractivity contribution in [3.8, 4) is 0 Å². The van der Waals surface area contributed by atoms with Crippen molar-refractivity contribution < 1.29 is 5.11 Å². The van der Waals surface area contributed by atoms with Gasteiger partial charge in [0.25, 0.3) is 0 Å². The van der Waals surface area contributed by atoms with Crippen molar-refractivity contribution in [2.45, 2.75) is 96.0 Å². The molecule has 0 unspecified atom stereocenters. The molecule has 2 fully saturated rings. The molecular weight excluding hydrogens is 220 g/mol. The van der Waals surface area contributed by atoms with Gasteiger partial charge < -0.3 is 5.11 Å². The molecule has 3 atom stereocenters. The van der Waals surface area contributed by atoms with Gasteiger partial charge in [-0.3, -0.25) is 0 Å². The second-order valence-corrected chi connectivity index (χ2v) is 7.03. The zero-order valence-electron chi connectivity index (χ0n) is 12.3. The molecule has 0 aromatic rings. The molecule has 0 aromatic carbocycles. The Bertz CT molecular complexity index is 234. The maximum Gasteiger partial charge on any atom is 0.0650 e. The van der Waals surface area contributed by atoms with Crippen molar-refractivity contribution in [3.63, 3.8) is 0 Å². The average Bonchev–Trinajstić information content (AvgIpc) is 3.09. The van der Waals surface area contributed by atoms with Gasteiger partial charge >= 0.3 is 0 Å². The molecule has 0 radical (unpaired) electrons. The third-order valence-corrected chi connectivity index (χ3v) is 5.23. The van der Waals surface area contributed by atoms with Crippen LogP contribution < -0.4 is 0 Å². The van der Waals surface area contributed by atoms with Crippen LogP contribution in [0.1, 0.15) is 90.4 Å². The Balaban J connectivity index is 1.75. The Labute approximate surface area is 113 Å². The fourth-order valence-electron chi connectivity index (χ4n) is 3.82. The molecule has 0 spiro atoms. The molecule has 2 saturated carbocycles. The molecule has 0 heterocycles. The third kappa shape index (κ3) is 4.57. The topological polar surface area (TPSA) is 20.2 Å². The maximum absolute atomic E-state index is 10.6. The molecule has 1 N–H and O–H groups in total. The van der Waals surface area contributed by atoms with Gasteiger partial charge in [-0.1, -0.05) is 70.6 Å². The van der Waals surface area contributed by atoms with Crippen molar-refractivity contribution in [2.75, 3.05) is 0 Å². The van der Waals surface area contributed by atoms with Crippen molar-refractivity contribution >= 4 is 0 Å². The first kappa shape index (κ1) is 14.4. The molecule has 2 rings (SSSR count). The standard InChI is InChI=1S/C17H32O/c1-17(18)13-11-9-7-5-3-2-4-6-8-10-12-15-14-16(15)17/h15-16,18H,2-14H2,1H3/t15-,16-,17+/m0/s1. The van der Waals surface area contributed by atoms with E-state index in [-0.39, 0.29) is 5.60 Å². The molecular formula is C17H32O. The Morgan fingerprint density at radius 2 is 1.28 bits per heavy atom. The maximum atomic E-state index is 10.6. The summed E-state index contributed by atoms with van der Waals surface area (Å²) >= 11 is 0. The van der Waals surface area contributed by atoms with E-state index >= 15 is 0 Å². The summed E-state index contributed by atoms with van der Waals surface area (Å²) < 4.78 is 0. The third-order valence-electron chi connectivity index (χ3n) is 5.23. The monoisotopic (exact) mass is 252 g/mol. The zero-order chi connectivity index (χ0) is 12.8. The minimum atomic E-state index is -0.356. The second kappa shape index (κ2) is 6.93. The lowest BCUT2D eigenvalue weighted by molar-refractivity contribution is 0.0197. The van der Waals surface area contributed by atoms with E-state index in [0.29, 0.717) is 5.92 Å². The average molecular weight is 252 g/mol. The quantitative estimate of drug-likeness (QED) is 0.638. The van der Waals surface area contributed by atoms with Crippen LogP contribution in [0.25, 0.3) is 0 Å². The van der Waals surface area contributed by atoms with Gasteiger partial charge in [0, 0.05) is 0 Å². The largest absolute Gasteiger partial charge is 0.390 e. The Hall–Kier alpha value is -0.0400. The van der Waals surface area contributed by atoms with Gasteiger partial charge in [-0.05, 0) is 31.6 Å². The van der Waals surface area contributed by atoms with E-state index in [2.05, 4.69) is 6.92 Å². The van der Waals surface area contributed by atoms with Crippen LogP contribution in [0.2, 0.25) is 0 Å². The normalized spacial score (nSPS) is 40.3. The summed E-state index contributed by atoms with van der Waals surface area (Å²) in [5, 5.41) is 10.6. The lowest BCUT2D eigenvalue weighted by atomic mass is 9.91. The summed E-state index contributed by atoms with van der Waals surface area (Å²) in [5.41, 5.74) is -0.356. The fourth-order valence-corrected chi connectivity index (χ4v) is 3.82. The van der Waals surface area contributed by atoms with Crippen molar-refractivity contribution in [2.24, 2.45) is 11.8 Å². The van der Waals surface area contributed by atoms with E-state index in [1.165, 1.54) is 77.0 Å². The highest BCUT2D eigenvalue weighted by Gasteiger charge is 2.47. The number of hydrogen-bond acceptors (Lipinski definition) is 1. The van der Waals surface area contributed by atoms with E-state index in [1.807, 2.05) is 0 Å². The van der Waals surface area contributed by atoms with Crippen LogP contribution in [0.4, 0.5) is 0 Å². The lowest BCUT2D eigenvalue weighted by Crippen LogP contribution is -2.27. The molecule has 18 heavy (non-hydrogen) atoms. The van der Waals surface area contributed by atoms with Crippen LogP contribution in [-0.2, 0) is 0 Å². The Morgan fingerprint density at radius 3 is 1.89 bits per heavy atom. The number of aliphatic hydroxyl groups is 1. The van der Waals surface area contributed by atoms with Gasteiger partial charge in [0.15, 0.2) is 0 Å². The molecule has 0 amide bonds. The van der Waals surface area contributed by atoms with Crippen LogP contribution in [-0.4, -0.2) is 10.7 Å². The van der Waals surface area contributed by atoms with Gasteiger partial charge in [-0.15, -0.1) is 0 Å². The number of fused-ring (bicyclic) bond motifs is 1. The molecule has 0 bridgehead atoms. The van der Waals surface area contributed by atoms with Gasteiger partial charge in [0.05, 0.1) is 5.60 Å². The van der Waals surface area contributed by atoms with Gasteiger partial charge in [0.2, 0.25) is 0 Å². The van der Waals surface area contributed by atoms with Crippen LogP contribution in [0.5, 0.6) is 0 Å². The Morgan fingerprint density at radius 1 is 0.778 bits per heavy atom. The lowest BCUT2D eigenvalue weighted by Gasteiger charge is -2.24. The van der Waals surface area contributed by atoms with E-state index in [9.17, 15) is 5.11 Å². The molecule has 0 saturated heterocycles. The first-order chi connectivity index (χ1) is 8.70. The summed E-state index contributed by atoms with van der Waals surface area (Å²) in [6.45, 7) is 2.09. The summed E-state index contributed by atoms with van der Waals surface area (Å²) in [7, 11) is 0. The highest BCUT2D eigenvalue weighted by Crippen LogP contribution is 2.50. The first-order valence-corrected chi connectivity index (χ1v) is 8.42. The summed E-state index contributed by atoms with van der Waals surface area (Å²) in [5.74, 6) is 1.48. The molecule has 0 aliphatic heterocycles. The smallest absolute Gasteiger partial charge is 0.0650 e. The number of hydrogen-bond donors (Lipinski definition) is 1. The molecule has 2 aliphatic rings. The fraction of sp³-hybridized carbons (Fsp3) is 1.00. The van der Waals surface area contributed by atoms with E-state index in [4.69, 9.17) is 0 Å². The van der Waals surface area contributed by atoms with Crippen LogP contribution in [0.3, 0.4) is 0 Å². The second-order valence-electron chi connectivity index (χ2n) is 7.03. The molecule has 1 heteroatoms. The minimum Gasteiger partial charge on any atom is -0.390 e. The van der Waals surface area contributed by atoms with Crippen molar-refractivity contribution in [3.05, 3.63) is 0 Å². The Kier molecular flexibility index (Phi) is 5.54. The summed E-state index contributed by atoms with van der Waals surface area (Å²) in [6.07, 6.45) is 17.7.